The van der Waals surface area contributed by atoms with Crippen molar-refractivity contribution >= 4 is 0 Å². The molecule has 0 aliphatic heterocycles. The first-order valence-electron chi connectivity index (χ1n) is 7.90. The zero-order valence-corrected chi connectivity index (χ0v) is 15.3. The fourth-order valence-corrected chi connectivity index (χ4v) is 3.87. The van der Waals surface area contributed by atoms with Gasteiger partial charge in [0.1, 0.15) is 0 Å². The molecule has 0 aromatic heterocycles. The second-order valence-electron chi connectivity index (χ2n) is 9.81. The molecule has 1 atom stereocenters. The van der Waals surface area contributed by atoms with Gasteiger partial charge in [-0.15, -0.1) is 0 Å². The molecular formula is C18H39N. The van der Waals surface area contributed by atoms with E-state index in [1.54, 1.807) is 0 Å². The van der Waals surface area contributed by atoms with Crippen molar-refractivity contribution in [1.82, 2.24) is 0 Å². The minimum absolute atomic E-state index is 0.0910. The SMILES string of the molecule is CCC(C)(C)C(CC(C)(C)N)C(C)(C)CC(C)(C)C. The van der Waals surface area contributed by atoms with E-state index < -0.39 is 0 Å². The van der Waals surface area contributed by atoms with Crippen LogP contribution in [0, 0.1) is 22.2 Å². The van der Waals surface area contributed by atoms with Crippen LogP contribution in [-0.2, 0) is 0 Å². The lowest BCUT2D eigenvalue weighted by molar-refractivity contribution is 0.0158. The lowest BCUT2D eigenvalue weighted by Gasteiger charge is -2.49. The maximum Gasteiger partial charge on any atom is 0.0100 e. The molecule has 0 heterocycles. The molecule has 0 spiro atoms. The molecule has 0 aromatic carbocycles. The van der Waals surface area contributed by atoms with Crippen LogP contribution in [0.3, 0.4) is 0 Å². The van der Waals surface area contributed by atoms with Crippen molar-refractivity contribution in [3.05, 3.63) is 0 Å². The molecule has 0 radical (unpaired) electrons. The van der Waals surface area contributed by atoms with E-state index in [9.17, 15) is 0 Å². The zero-order valence-electron chi connectivity index (χ0n) is 15.3. The summed E-state index contributed by atoms with van der Waals surface area (Å²) in [5, 5.41) is 0. The molecule has 1 heteroatoms. The molecular weight excluding hydrogens is 230 g/mol. The lowest BCUT2D eigenvalue weighted by Crippen LogP contribution is -2.45. The van der Waals surface area contributed by atoms with Gasteiger partial charge in [-0.1, -0.05) is 61.8 Å². The third-order valence-electron chi connectivity index (χ3n) is 4.51. The number of nitrogens with two attached hydrogens (primary N) is 1. The normalized spacial score (nSPS) is 16.6. The first-order valence-corrected chi connectivity index (χ1v) is 7.90. The monoisotopic (exact) mass is 269 g/mol. The van der Waals surface area contributed by atoms with Gasteiger partial charge in [-0.3, -0.25) is 0 Å². The maximum atomic E-state index is 6.35. The molecule has 116 valence electrons. The van der Waals surface area contributed by atoms with E-state index in [4.69, 9.17) is 5.73 Å². The van der Waals surface area contributed by atoms with Crippen molar-refractivity contribution in [2.24, 2.45) is 27.9 Å². The van der Waals surface area contributed by atoms with Crippen LogP contribution in [0.1, 0.15) is 88.5 Å². The number of hydrogen-bond acceptors (Lipinski definition) is 1. The summed E-state index contributed by atoms with van der Waals surface area (Å²) >= 11 is 0. The van der Waals surface area contributed by atoms with E-state index in [-0.39, 0.29) is 5.54 Å². The van der Waals surface area contributed by atoms with Crippen LogP contribution in [0.5, 0.6) is 0 Å². The first-order chi connectivity index (χ1) is 8.11. The molecule has 0 aromatic rings. The summed E-state index contributed by atoms with van der Waals surface area (Å²) < 4.78 is 0. The summed E-state index contributed by atoms with van der Waals surface area (Å²) in [4.78, 5) is 0. The van der Waals surface area contributed by atoms with Gasteiger partial charge in [-0.25, -0.2) is 0 Å². The molecule has 0 fully saturated rings. The number of rotatable bonds is 6. The molecule has 2 N–H and O–H groups in total. The molecule has 0 aliphatic rings. The largest absolute Gasteiger partial charge is 0.326 e. The van der Waals surface area contributed by atoms with Crippen LogP contribution in [0.25, 0.3) is 0 Å². The van der Waals surface area contributed by atoms with Crippen molar-refractivity contribution in [3.63, 3.8) is 0 Å². The second kappa shape index (κ2) is 5.76. The van der Waals surface area contributed by atoms with Crippen LogP contribution in [0.4, 0.5) is 0 Å². The van der Waals surface area contributed by atoms with Crippen molar-refractivity contribution in [1.29, 1.82) is 0 Å². The molecule has 0 bridgehead atoms. The van der Waals surface area contributed by atoms with E-state index in [0.29, 0.717) is 22.2 Å². The van der Waals surface area contributed by atoms with Gasteiger partial charge in [-0.2, -0.15) is 0 Å². The number of hydrogen-bond donors (Lipinski definition) is 1. The van der Waals surface area contributed by atoms with E-state index in [2.05, 4.69) is 69.2 Å². The van der Waals surface area contributed by atoms with Gasteiger partial charge in [0.05, 0.1) is 0 Å². The minimum Gasteiger partial charge on any atom is -0.326 e. The van der Waals surface area contributed by atoms with Crippen LogP contribution >= 0.6 is 0 Å². The predicted molar refractivity (Wildman–Crippen MR) is 88.3 cm³/mol. The molecule has 1 unspecified atom stereocenters. The molecule has 0 rings (SSSR count). The second-order valence-corrected chi connectivity index (χ2v) is 9.81. The summed E-state index contributed by atoms with van der Waals surface area (Å²) in [7, 11) is 0. The molecule has 0 amide bonds. The Kier molecular flexibility index (Phi) is 5.74. The van der Waals surface area contributed by atoms with Crippen LogP contribution < -0.4 is 5.73 Å². The van der Waals surface area contributed by atoms with Crippen molar-refractivity contribution < 1.29 is 0 Å². The fourth-order valence-electron chi connectivity index (χ4n) is 3.87. The molecule has 0 saturated heterocycles. The van der Waals surface area contributed by atoms with E-state index in [1.807, 2.05) is 0 Å². The summed E-state index contributed by atoms with van der Waals surface area (Å²) in [5.41, 5.74) is 7.28. The Morgan fingerprint density at radius 2 is 1.21 bits per heavy atom. The summed E-state index contributed by atoms with van der Waals surface area (Å²) in [6.07, 6.45) is 3.54. The Morgan fingerprint density at radius 1 is 0.789 bits per heavy atom. The van der Waals surface area contributed by atoms with Gasteiger partial charge >= 0.3 is 0 Å². The van der Waals surface area contributed by atoms with Gasteiger partial charge in [0.2, 0.25) is 0 Å². The smallest absolute Gasteiger partial charge is 0.0100 e. The molecule has 0 saturated carbocycles. The van der Waals surface area contributed by atoms with Crippen molar-refractivity contribution in [3.8, 4) is 0 Å². The Hall–Kier alpha value is -0.0400. The highest BCUT2D eigenvalue weighted by Gasteiger charge is 2.43. The van der Waals surface area contributed by atoms with E-state index in [1.165, 1.54) is 12.8 Å². The highest BCUT2D eigenvalue weighted by molar-refractivity contribution is 4.94. The van der Waals surface area contributed by atoms with Crippen LogP contribution in [0.15, 0.2) is 0 Å². The zero-order chi connectivity index (χ0) is 15.7. The molecule has 0 aliphatic carbocycles. The van der Waals surface area contributed by atoms with Gasteiger partial charge in [-0.05, 0) is 48.9 Å². The van der Waals surface area contributed by atoms with Gasteiger partial charge in [0.25, 0.3) is 0 Å². The van der Waals surface area contributed by atoms with Gasteiger partial charge < -0.3 is 5.73 Å². The van der Waals surface area contributed by atoms with Gasteiger partial charge in [0, 0.05) is 5.54 Å². The third kappa shape index (κ3) is 6.79. The predicted octanol–water partition coefficient (Wildman–Crippen LogP) is 5.63. The Morgan fingerprint density at radius 3 is 1.47 bits per heavy atom. The van der Waals surface area contributed by atoms with Crippen molar-refractivity contribution in [2.75, 3.05) is 0 Å². The third-order valence-corrected chi connectivity index (χ3v) is 4.51. The average molecular weight is 270 g/mol. The quantitative estimate of drug-likeness (QED) is 0.664. The highest BCUT2D eigenvalue weighted by Crippen LogP contribution is 2.50. The Balaban J connectivity index is 5.35. The van der Waals surface area contributed by atoms with Crippen molar-refractivity contribution in [2.45, 2.75) is 94.0 Å². The summed E-state index contributed by atoms with van der Waals surface area (Å²) in [6.45, 7) is 23.4. The highest BCUT2D eigenvalue weighted by atomic mass is 14.7. The van der Waals surface area contributed by atoms with E-state index in [0.717, 1.165) is 6.42 Å². The van der Waals surface area contributed by atoms with Crippen LogP contribution in [0.2, 0.25) is 0 Å². The Labute approximate surface area is 122 Å². The lowest BCUT2D eigenvalue weighted by atomic mass is 9.57. The minimum atomic E-state index is -0.0910. The fraction of sp³-hybridized carbons (Fsp3) is 1.00. The molecule has 19 heavy (non-hydrogen) atoms. The molecule has 1 nitrogen and oxygen atoms in total. The van der Waals surface area contributed by atoms with Crippen LogP contribution in [-0.4, -0.2) is 5.54 Å². The summed E-state index contributed by atoms with van der Waals surface area (Å²) in [6, 6.07) is 0. The topological polar surface area (TPSA) is 26.0 Å². The Bertz CT molecular complexity index is 273. The first kappa shape index (κ1) is 19.0. The summed E-state index contributed by atoms with van der Waals surface area (Å²) in [5.74, 6) is 0.643. The standard InChI is InChI=1S/C18H39N/c1-11-16(5,6)14(12-18(9,10)19)17(7,8)13-15(2,3)4/h14H,11-13,19H2,1-10H3. The maximum absolute atomic E-state index is 6.35. The average Bonchev–Trinajstić information content (AvgIpc) is 2.08. The van der Waals surface area contributed by atoms with Gasteiger partial charge in [0.15, 0.2) is 0 Å². The van der Waals surface area contributed by atoms with E-state index >= 15 is 0 Å².